The number of anilines is 1. The first-order chi connectivity index (χ1) is 14.7. The summed E-state index contributed by atoms with van der Waals surface area (Å²) in [6.45, 7) is 13.4. The Balaban J connectivity index is 1.46. The predicted octanol–water partition coefficient (Wildman–Crippen LogP) is 1.47. The van der Waals surface area contributed by atoms with Gasteiger partial charge in [-0.1, -0.05) is 19.0 Å². The molecule has 3 heterocycles. The number of hydrogen-bond acceptors (Lipinski definition) is 7. The number of nitrogens with one attached hydrogen (secondary N) is 2. The Labute approximate surface area is 179 Å². The molecule has 1 aliphatic heterocycles. The third-order valence-corrected chi connectivity index (χ3v) is 5.27. The lowest BCUT2D eigenvalue weighted by atomic mass is 10.1. The van der Waals surface area contributed by atoms with E-state index in [2.05, 4.69) is 56.3 Å². The minimum atomic E-state index is 0.584. The van der Waals surface area contributed by atoms with Gasteiger partial charge in [0.1, 0.15) is 5.76 Å². The maximum absolute atomic E-state index is 5.45. The highest BCUT2D eigenvalue weighted by Gasteiger charge is 2.18. The summed E-state index contributed by atoms with van der Waals surface area (Å²) < 4.78 is 5.45. The average Bonchev–Trinajstić information content (AvgIpc) is 3.20. The number of aromatic nitrogens is 3. The molecule has 0 amide bonds. The van der Waals surface area contributed by atoms with Crippen molar-refractivity contribution < 1.29 is 4.52 Å². The van der Waals surface area contributed by atoms with Gasteiger partial charge in [-0.3, -0.25) is 4.90 Å². The van der Waals surface area contributed by atoms with Crippen LogP contribution in [0, 0.1) is 0 Å². The third kappa shape index (κ3) is 5.91. The summed E-state index contributed by atoms with van der Waals surface area (Å²) in [5.74, 6) is 2.59. The van der Waals surface area contributed by atoms with E-state index in [0.29, 0.717) is 6.54 Å². The van der Waals surface area contributed by atoms with E-state index in [9.17, 15) is 0 Å². The molecule has 3 rings (SSSR count). The maximum Gasteiger partial charge on any atom is 0.225 e. The Morgan fingerprint density at radius 2 is 1.83 bits per heavy atom. The van der Waals surface area contributed by atoms with Crippen LogP contribution in [0.2, 0.25) is 0 Å². The Hall–Kier alpha value is -2.68. The lowest BCUT2D eigenvalue weighted by Crippen LogP contribution is -2.49. The highest BCUT2D eigenvalue weighted by molar-refractivity contribution is 5.79. The van der Waals surface area contributed by atoms with Gasteiger partial charge >= 0.3 is 0 Å². The second kappa shape index (κ2) is 11.5. The zero-order valence-corrected chi connectivity index (χ0v) is 18.4. The molecule has 0 saturated carbocycles. The summed E-state index contributed by atoms with van der Waals surface area (Å²) in [6.07, 6.45) is 5.29. The first-order valence-electron chi connectivity index (χ1n) is 11.0. The molecule has 1 fully saturated rings. The van der Waals surface area contributed by atoms with Crippen molar-refractivity contribution >= 4 is 11.9 Å². The van der Waals surface area contributed by atoms with Crippen LogP contribution in [-0.4, -0.2) is 71.8 Å². The highest BCUT2D eigenvalue weighted by atomic mass is 16.5. The summed E-state index contributed by atoms with van der Waals surface area (Å²) in [7, 11) is 0. The molecule has 2 aromatic rings. The summed E-state index contributed by atoms with van der Waals surface area (Å²) >= 11 is 0. The number of aliphatic imine (C=N–C) groups is 1. The van der Waals surface area contributed by atoms with Gasteiger partial charge in [0.2, 0.25) is 5.95 Å². The molecule has 0 radical (unpaired) electrons. The number of nitrogens with zero attached hydrogens (tertiary/aromatic N) is 6. The zero-order valence-electron chi connectivity index (χ0n) is 18.4. The smallest absolute Gasteiger partial charge is 0.225 e. The molecule has 9 nitrogen and oxygen atoms in total. The number of rotatable bonds is 9. The predicted molar refractivity (Wildman–Crippen MR) is 119 cm³/mol. The van der Waals surface area contributed by atoms with E-state index < -0.39 is 0 Å². The van der Waals surface area contributed by atoms with Crippen molar-refractivity contribution in [2.45, 2.75) is 40.2 Å². The van der Waals surface area contributed by atoms with Crippen LogP contribution in [0.4, 0.5) is 5.95 Å². The lowest BCUT2D eigenvalue weighted by Gasteiger charge is -2.34. The molecule has 0 atom stereocenters. The molecule has 0 bridgehead atoms. The van der Waals surface area contributed by atoms with Crippen LogP contribution in [0.15, 0.2) is 28.0 Å². The van der Waals surface area contributed by atoms with Crippen LogP contribution in [0.3, 0.4) is 0 Å². The van der Waals surface area contributed by atoms with Gasteiger partial charge in [-0.25, -0.2) is 15.0 Å². The van der Waals surface area contributed by atoms with E-state index in [1.54, 1.807) is 12.4 Å². The second-order valence-corrected chi connectivity index (χ2v) is 7.24. The summed E-state index contributed by atoms with van der Waals surface area (Å²) in [5, 5.41) is 11.0. The minimum Gasteiger partial charge on any atom is -0.361 e. The number of guanidine groups is 1. The molecule has 30 heavy (non-hydrogen) atoms. The average molecular weight is 415 g/mol. The van der Waals surface area contributed by atoms with Crippen LogP contribution >= 0.6 is 0 Å². The topological polar surface area (TPSA) is 94.7 Å². The molecule has 0 spiro atoms. The van der Waals surface area contributed by atoms with Gasteiger partial charge in [0, 0.05) is 70.2 Å². The standard InChI is InChI=1S/C21H34N8O/c1-4-18-17(19(5-2)30-27-18)16-26-20(22-6-3)23-10-11-28-12-14-29(15-13-28)21-24-8-7-9-25-21/h7-9H,4-6,10-16H2,1-3H3,(H2,22,23,26). The van der Waals surface area contributed by atoms with Gasteiger partial charge < -0.3 is 20.1 Å². The summed E-state index contributed by atoms with van der Waals surface area (Å²) in [4.78, 5) is 18.2. The zero-order chi connectivity index (χ0) is 21.2. The van der Waals surface area contributed by atoms with E-state index in [-0.39, 0.29) is 0 Å². The molecule has 0 aromatic carbocycles. The van der Waals surface area contributed by atoms with E-state index in [4.69, 9.17) is 9.52 Å². The van der Waals surface area contributed by atoms with Gasteiger partial charge in [0.15, 0.2) is 5.96 Å². The number of hydrogen-bond donors (Lipinski definition) is 2. The SMILES string of the molecule is CCNC(=NCc1c(CC)noc1CC)NCCN1CCN(c2ncccn2)CC1. The molecule has 0 unspecified atom stereocenters. The van der Waals surface area contributed by atoms with Crippen molar-refractivity contribution in [3.63, 3.8) is 0 Å². The summed E-state index contributed by atoms with van der Waals surface area (Å²) in [5.41, 5.74) is 2.13. The van der Waals surface area contributed by atoms with Gasteiger partial charge in [-0.05, 0) is 19.4 Å². The van der Waals surface area contributed by atoms with E-state index in [1.165, 1.54) is 0 Å². The van der Waals surface area contributed by atoms with Crippen molar-refractivity contribution in [3.05, 3.63) is 35.5 Å². The fraction of sp³-hybridized carbons (Fsp3) is 0.619. The van der Waals surface area contributed by atoms with Gasteiger partial charge in [-0.2, -0.15) is 0 Å². The molecule has 164 valence electrons. The van der Waals surface area contributed by atoms with Crippen molar-refractivity contribution in [1.82, 2.24) is 30.7 Å². The van der Waals surface area contributed by atoms with E-state index in [0.717, 1.165) is 87.6 Å². The Bertz CT molecular complexity index is 762. The molecule has 1 saturated heterocycles. The molecule has 2 aromatic heterocycles. The first-order valence-corrected chi connectivity index (χ1v) is 11.0. The van der Waals surface area contributed by atoms with E-state index in [1.807, 2.05) is 6.07 Å². The van der Waals surface area contributed by atoms with Gasteiger partial charge in [-0.15, -0.1) is 0 Å². The molecule has 9 heteroatoms. The van der Waals surface area contributed by atoms with Crippen LogP contribution in [0.25, 0.3) is 0 Å². The van der Waals surface area contributed by atoms with Gasteiger partial charge in [0.25, 0.3) is 0 Å². The quantitative estimate of drug-likeness (QED) is 0.471. The fourth-order valence-electron chi connectivity index (χ4n) is 3.57. The van der Waals surface area contributed by atoms with Crippen LogP contribution in [0.5, 0.6) is 0 Å². The summed E-state index contributed by atoms with van der Waals surface area (Å²) in [6, 6.07) is 1.85. The van der Waals surface area contributed by atoms with Crippen LogP contribution in [-0.2, 0) is 19.4 Å². The Morgan fingerprint density at radius 1 is 1.07 bits per heavy atom. The second-order valence-electron chi connectivity index (χ2n) is 7.24. The minimum absolute atomic E-state index is 0.584. The number of piperazine rings is 1. The fourth-order valence-corrected chi connectivity index (χ4v) is 3.57. The molecular formula is C21H34N8O. The van der Waals surface area contributed by atoms with Crippen LogP contribution in [0.1, 0.15) is 37.8 Å². The normalized spacial score (nSPS) is 15.4. The molecule has 1 aliphatic rings. The number of aryl methyl sites for hydroxylation is 2. The monoisotopic (exact) mass is 414 g/mol. The van der Waals surface area contributed by atoms with Crippen molar-refractivity contribution in [3.8, 4) is 0 Å². The Kier molecular flexibility index (Phi) is 8.43. The van der Waals surface area contributed by atoms with Crippen molar-refractivity contribution in [2.24, 2.45) is 4.99 Å². The van der Waals surface area contributed by atoms with Crippen molar-refractivity contribution in [1.29, 1.82) is 0 Å². The molecular weight excluding hydrogens is 380 g/mol. The third-order valence-electron chi connectivity index (χ3n) is 5.27. The maximum atomic E-state index is 5.45. The van der Waals surface area contributed by atoms with E-state index >= 15 is 0 Å². The molecule has 2 N–H and O–H groups in total. The Morgan fingerprint density at radius 3 is 2.50 bits per heavy atom. The van der Waals surface area contributed by atoms with Crippen LogP contribution < -0.4 is 15.5 Å². The highest BCUT2D eigenvalue weighted by Crippen LogP contribution is 2.16. The van der Waals surface area contributed by atoms with Crippen molar-refractivity contribution in [2.75, 3.05) is 50.7 Å². The molecule has 0 aliphatic carbocycles. The largest absolute Gasteiger partial charge is 0.361 e. The first kappa shape index (κ1) is 22.0. The van der Waals surface area contributed by atoms with Gasteiger partial charge in [0.05, 0.1) is 12.2 Å². The lowest BCUT2D eigenvalue weighted by molar-refractivity contribution is 0.260.